The lowest BCUT2D eigenvalue weighted by atomic mass is 10.2. The van der Waals surface area contributed by atoms with E-state index in [1.54, 1.807) is 13.0 Å². The highest BCUT2D eigenvalue weighted by molar-refractivity contribution is 7.87. The Bertz CT molecular complexity index is 517. The van der Waals surface area contributed by atoms with E-state index in [1.807, 2.05) is 0 Å². The average Bonchev–Trinajstić information content (AvgIpc) is 2.14. The van der Waals surface area contributed by atoms with Crippen molar-refractivity contribution >= 4 is 17.7 Å². The van der Waals surface area contributed by atoms with Crippen LogP contribution in [0.1, 0.15) is 5.56 Å². The van der Waals surface area contributed by atoms with E-state index in [9.17, 15) is 13.0 Å². The summed E-state index contributed by atoms with van der Waals surface area (Å²) in [4.78, 5) is 16.9. The van der Waals surface area contributed by atoms with Crippen LogP contribution in [-0.4, -0.2) is 24.6 Å². The van der Waals surface area contributed by atoms with E-state index in [2.05, 4.69) is 4.18 Å². The highest BCUT2D eigenvalue weighted by Crippen LogP contribution is 2.35. The van der Waals surface area contributed by atoms with Crippen LogP contribution in [0.5, 0.6) is 0 Å². The first kappa shape index (κ1) is 13.3. The second-order valence-corrected chi connectivity index (χ2v) is 6.39. The van der Waals surface area contributed by atoms with Crippen LogP contribution in [0, 0.1) is 6.92 Å². The SMILES string of the molecule is Cc1cccc(S(=O)(=O)OCP(=O)(O)O)c1. The standard InChI is InChI=1S/C8H11O6PS/c1-7-3-2-4-8(5-7)16(12,13)14-6-15(9,10)11/h2-5H,6H2,1H3,(H2,9,10,11). The smallest absolute Gasteiger partial charge is 0.323 e. The molecule has 0 aromatic heterocycles. The third-order valence-corrected chi connectivity index (χ3v) is 3.55. The monoisotopic (exact) mass is 266 g/mol. The maximum absolute atomic E-state index is 11.5. The summed E-state index contributed by atoms with van der Waals surface area (Å²) in [6.07, 6.45) is -1.15. The Balaban J connectivity index is 2.91. The summed E-state index contributed by atoms with van der Waals surface area (Å²) in [7, 11) is -8.60. The summed E-state index contributed by atoms with van der Waals surface area (Å²) in [5.74, 6) is 0. The van der Waals surface area contributed by atoms with Gasteiger partial charge in [-0.3, -0.25) is 8.75 Å². The molecule has 1 aromatic carbocycles. The van der Waals surface area contributed by atoms with Gasteiger partial charge in [0.1, 0.15) is 0 Å². The van der Waals surface area contributed by atoms with E-state index >= 15 is 0 Å². The van der Waals surface area contributed by atoms with Crippen LogP contribution < -0.4 is 0 Å². The van der Waals surface area contributed by atoms with Gasteiger partial charge in [0.05, 0.1) is 4.90 Å². The summed E-state index contributed by atoms with van der Waals surface area (Å²) >= 11 is 0. The van der Waals surface area contributed by atoms with Crippen LogP contribution in [0.3, 0.4) is 0 Å². The fourth-order valence-electron chi connectivity index (χ4n) is 0.977. The predicted molar refractivity (Wildman–Crippen MR) is 56.4 cm³/mol. The zero-order valence-electron chi connectivity index (χ0n) is 8.40. The minimum atomic E-state index is -4.50. The molecule has 0 aliphatic carbocycles. The van der Waals surface area contributed by atoms with Crippen molar-refractivity contribution in [2.45, 2.75) is 11.8 Å². The molecular weight excluding hydrogens is 255 g/mol. The lowest BCUT2D eigenvalue weighted by Gasteiger charge is -2.07. The first-order valence-electron chi connectivity index (χ1n) is 4.21. The van der Waals surface area contributed by atoms with Gasteiger partial charge in [-0.25, -0.2) is 0 Å². The lowest BCUT2D eigenvalue weighted by Crippen LogP contribution is -2.08. The van der Waals surface area contributed by atoms with Crippen molar-refractivity contribution in [2.24, 2.45) is 0 Å². The Hall–Kier alpha value is -0.720. The van der Waals surface area contributed by atoms with Crippen molar-refractivity contribution in [3.8, 4) is 0 Å². The molecule has 0 unspecified atom stereocenters. The van der Waals surface area contributed by atoms with E-state index in [4.69, 9.17) is 9.79 Å². The van der Waals surface area contributed by atoms with Gasteiger partial charge in [-0.2, -0.15) is 8.42 Å². The van der Waals surface area contributed by atoms with Gasteiger partial charge in [0, 0.05) is 0 Å². The third-order valence-electron chi connectivity index (χ3n) is 1.65. The van der Waals surface area contributed by atoms with Gasteiger partial charge in [-0.1, -0.05) is 12.1 Å². The number of hydrogen-bond donors (Lipinski definition) is 2. The van der Waals surface area contributed by atoms with E-state index < -0.39 is 24.1 Å². The number of benzene rings is 1. The zero-order valence-corrected chi connectivity index (χ0v) is 10.1. The van der Waals surface area contributed by atoms with Crippen LogP contribution in [0.15, 0.2) is 29.2 Å². The van der Waals surface area contributed by atoms with Crippen molar-refractivity contribution < 1.29 is 27.0 Å². The fourth-order valence-corrected chi connectivity index (χ4v) is 2.79. The Morgan fingerprint density at radius 3 is 2.50 bits per heavy atom. The first-order valence-corrected chi connectivity index (χ1v) is 7.42. The highest BCUT2D eigenvalue weighted by atomic mass is 32.2. The number of rotatable bonds is 4. The van der Waals surface area contributed by atoms with Gasteiger partial charge in [0.2, 0.25) is 0 Å². The summed E-state index contributed by atoms with van der Waals surface area (Å²) < 4.78 is 37.7. The molecule has 8 heteroatoms. The molecule has 16 heavy (non-hydrogen) atoms. The van der Waals surface area contributed by atoms with Crippen molar-refractivity contribution in [3.63, 3.8) is 0 Å². The topological polar surface area (TPSA) is 101 Å². The maximum atomic E-state index is 11.5. The molecule has 0 atom stereocenters. The molecule has 0 fully saturated rings. The van der Waals surface area contributed by atoms with Crippen LogP contribution in [0.4, 0.5) is 0 Å². The Labute approximate surface area is 93.2 Å². The Kier molecular flexibility index (Phi) is 3.88. The molecular formula is C8H11O6PS. The second-order valence-electron chi connectivity index (χ2n) is 3.18. The molecule has 0 bridgehead atoms. The zero-order chi connectivity index (χ0) is 12.4. The van der Waals surface area contributed by atoms with Crippen LogP contribution in [0.2, 0.25) is 0 Å². The second kappa shape index (κ2) is 4.65. The van der Waals surface area contributed by atoms with Gasteiger partial charge in [-0.05, 0) is 24.6 Å². The van der Waals surface area contributed by atoms with E-state index in [0.717, 1.165) is 0 Å². The molecule has 1 aromatic rings. The van der Waals surface area contributed by atoms with Crippen LogP contribution in [0.25, 0.3) is 0 Å². The molecule has 0 saturated heterocycles. The molecule has 6 nitrogen and oxygen atoms in total. The first-order chi connectivity index (χ1) is 7.21. The quantitative estimate of drug-likeness (QED) is 0.618. The Morgan fingerprint density at radius 1 is 1.38 bits per heavy atom. The number of hydrogen-bond acceptors (Lipinski definition) is 4. The number of aryl methyl sites for hydroxylation is 1. The summed E-state index contributed by atoms with van der Waals surface area (Å²) in [6.45, 7) is 1.70. The summed E-state index contributed by atoms with van der Waals surface area (Å²) in [6, 6.07) is 5.86. The maximum Gasteiger partial charge on any atom is 0.352 e. The van der Waals surface area contributed by atoms with Gasteiger partial charge in [-0.15, -0.1) is 0 Å². The van der Waals surface area contributed by atoms with Crippen molar-refractivity contribution in [3.05, 3.63) is 29.8 Å². The molecule has 0 aliphatic heterocycles. The highest BCUT2D eigenvalue weighted by Gasteiger charge is 2.21. The van der Waals surface area contributed by atoms with E-state index in [0.29, 0.717) is 5.56 Å². The van der Waals surface area contributed by atoms with E-state index in [-0.39, 0.29) is 4.90 Å². The van der Waals surface area contributed by atoms with Crippen molar-refractivity contribution in [1.29, 1.82) is 0 Å². The molecule has 2 N–H and O–H groups in total. The van der Waals surface area contributed by atoms with Gasteiger partial charge >= 0.3 is 7.60 Å². The van der Waals surface area contributed by atoms with Crippen LogP contribution >= 0.6 is 7.60 Å². The molecule has 0 amide bonds. The van der Waals surface area contributed by atoms with E-state index in [1.165, 1.54) is 18.2 Å². The molecule has 90 valence electrons. The minimum Gasteiger partial charge on any atom is -0.323 e. The molecule has 0 saturated carbocycles. The van der Waals surface area contributed by atoms with Crippen molar-refractivity contribution in [1.82, 2.24) is 0 Å². The van der Waals surface area contributed by atoms with Gasteiger partial charge in [0.25, 0.3) is 10.1 Å². The van der Waals surface area contributed by atoms with Gasteiger partial charge < -0.3 is 9.79 Å². The molecule has 1 rings (SSSR count). The van der Waals surface area contributed by atoms with Gasteiger partial charge in [0.15, 0.2) is 6.35 Å². The molecule has 0 radical (unpaired) electrons. The summed E-state index contributed by atoms with van der Waals surface area (Å²) in [5, 5.41) is 0. The summed E-state index contributed by atoms with van der Waals surface area (Å²) in [5.41, 5.74) is 0.709. The lowest BCUT2D eigenvalue weighted by molar-refractivity contribution is 0.301. The molecule has 0 aliphatic rings. The normalized spacial score (nSPS) is 12.7. The molecule has 0 heterocycles. The average molecular weight is 266 g/mol. The molecule has 0 spiro atoms. The Morgan fingerprint density at radius 2 is 2.00 bits per heavy atom. The fraction of sp³-hybridized carbons (Fsp3) is 0.250. The van der Waals surface area contributed by atoms with Crippen molar-refractivity contribution in [2.75, 3.05) is 6.35 Å². The third kappa shape index (κ3) is 4.03. The predicted octanol–water partition coefficient (Wildman–Crippen LogP) is 0.836. The largest absolute Gasteiger partial charge is 0.352 e. The van der Waals surface area contributed by atoms with Crippen LogP contribution in [-0.2, 0) is 18.9 Å². The minimum absolute atomic E-state index is 0.124.